The lowest BCUT2D eigenvalue weighted by Gasteiger charge is -2.22. The van der Waals surface area contributed by atoms with Crippen LogP contribution in [0.1, 0.15) is 17.5 Å². The zero-order valence-corrected chi connectivity index (χ0v) is 15.8. The summed E-state index contributed by atoms with van der Waals surface area (Å²) in [5.41, 5.74) is -4.01. The third kappa shape index (κ3) is 4.24. The standard InChI is InChI=1S/C19H14ClF5N2O3/c20-12-5-10(6-13(21)8-12)9-26-16(28)18(30)3-4-27(17(18)29)15-2-1-11(7-14(15)22)19(23,24)25/h1-2,5-8,30H,3-4,9H2,(H,26,28). The van der Waals surface area contributed by atoms with E-state index in [9.17, 15) is 36.6 Å². The minimum atomic E-state index is -4.77. The zero-order chi connectivity index (χ0) is 22.3. The first kappa shape index (κ1) is 22.0. The molecule has 2 amide bonds. The Balaban J connectivity index is 1.75. The van der Waals surface area contributed by atoms with Gasteiger partial charge < -0.3 is 15.3 Å². The molecule has 30 heavy (non-hydrogen) atoms. The predicted molar refractivity (Wildman–Crippen MR) is 96.6 cm³/mol. The summed E-state index contributed by atoms with van der Waals surface area (Å²) in [4.78, 5) is 25.7. The highest BCUT2D eigenvalue weighted by atomic mass is 35.5. The number of carbonyl (C=O) groups excluding carboxylic acids is 2. The molecule has 1 atom stereocenters. The molecule has 1 aliphatic rings. The fourth-order valence-corrected chi connectivity index (χ4v) is 3.33. The Hall–Kier alpha value is -2.72. The first-order valence-electron chi connectivity index (χ1n) is 8.56. The summed E-state index contributed by atoms with van der Waals surface area (Å²) in [5.74, 6) is -4.26. The molecule has 2 aromatic rings. The Bertz CT molecular complexity index is 994. The Morgan fingerprint density at radius 3 is 2.50 bits per heavy atom. The maximum Gasteiger partial charge on any atom is 0.416 e. The number of anilines is 1. The molecular weight excluding hydrogens is 435 g/mol. The topological polar surface area (TPSA) is 69.6 Å². The number of nitrogens with zero attached hydrogens (tertiary/aromatic N) is 1. The van der Waals surface area contributed by atoms with E-state index in [0.717, 1.165) is 18.2 Å². The lowest BCUT2D eigenvalue weighted by Crippen LogP contribution is -2.52. The normalized spacial score (nSPS) is 19.3. The summed E-state index contributed by atoms with van der Waals surface area (Å²) < 4.78 is 65.6. The van der Waals surface area contributed by atoms with Gasteiger partial charge in [0.2, 0.25) is 5.60 Å². The number of carbonyl (C=O) groups is 2. The van der Waals surface area contributed by atoms with Crippen LogP contribution in [-0.4, -0.2) is 29.1 Å². The largest absolute Gasteiger partial charge is 0.416 e. The molecule has 0 aromatic heterocycles. The number of benzene rings is 2. The number of hydrogen-bond donors (Lipinski definition) is 2. The second-order valence-electron chi connectivity index (χ2n) is 6.69. The molecule has 11 heteroatoms. The van der Waals surface area contributed by atoms with Crippen molar-refractivity contribution in [3.05, 3.63) is 64.2 Å². The van der Waals surface area contributed by atoms with Crippen LogP contribution in [0.25, 0.3) is 0 Å². The molecule has 2 N–H and O–H groups in total. The van der Waals surface area contributed by atoms with Crippen LogP contribution in [0.15, 0.2) is 36.4 Å². The van der Waals surface area contributed by atoms with Crippen molar-refractivity contribution in [1.82, 2.24) is 5.32 Å². The van der Waals surface area contributed by atoms with Gasteiger partial charge in [0.05, 0.1) is 11.3 Å². The van der Waals surface area contributed by atoms with Crippen LogP contribution in [0.3, 0.4) is 0 Å². The van der Waals surface area contributed by atoms with Crippen molar-refractivity contribution in [1.29, 1.82) is 0 Å². The number of nitrogens with one attached hydrogen (secondary N) is 1. The Kier molecular flexibility index (Phi) is 5.74. The molecule has 0 radical (unpaired) electrons. The van der Waals surface area contributed by atoms with Gasteiger partial charge in [0, 0.05) is 24.5 Å². The maximum absolute atomic E-state index is 14.2. The summed E-state index contributed by atoms with van der Waals surface area (Å²) >= 11 is 5.72. The van der Waals surface area contributed by atoms with Crippen LogP contribution in [0.2, 0.25) is 5.02 Å². The number of hydrogen-bond acceptors (Lipinski definition) is 3. The van der Waals surface area contributed by atoms with E-state index in [1.54, 1.807) is 0 Å². The molecular formula is C19H14ClF5N2O3. The SMILES string of the molecule is O=C(NCc1cc(F)cc(Cl)c1)C1(O)CCN(c2ccc(C(F)(F)F)cc2F)C1=O. The molecule has 3 rings (SSSR count). The molecule has 1 fully saturated rings. The van der Waals surface area contributed by atoms with Gasteiger partial charge in [-0.25, -0.2) is 8.78 Å². The molecule has 1 saturated heterocycles. The van der Waals surface area contributed by atoms with Gasteiger partial charge >= 0.3 is 6.18 Å². The third-order valence-electron chi connectivity index (χ3n) is 4.61. The van der Waals surface area contributed by atoms with E-state index in [4.69, 9.17) is 11.6 Å². The monoisotopic (exact) mass is 448 g/mol. The predicted octanol–water partition coefficient (Wildman–Crippen LogP) is 3.42. The van der Waals surface area contributed by atoms with E-state index in [1.165, 1.54) is 6.07 Å². The number of amides is 2. The molecule has 0 aliphatic carbocycles. The molecule has 160 valence electrons. The van der Waals surface area contributed by atoms with Crippen molar-refractivity contribution < 1.29 is 36.6 Å². The summed E-state index contributed by atoms with van der Waals surface area (Å²) in [6.07, 6.45) is -5.18. The van der Waals surface area contributed by atoms with Crippen molar-refractivity contribution in [2.45, 2.75) is 24.7 Å². The van der Waals surface area contributed by atoms with Gasteiger partial charge in [0.1, 0.15) is 11.6 Å². The van der Waals surface area contributed by atoms with Crippen molar-refractivity contribution in [2.75, 3.05) is 11.4 Å². The number of aliphatic hydroxyl groups is 1. The zero-order valence-electron chi connectivity index (χ0n) is 15.1. The van der Waals surface area contributed by atoms with Gasteiger partial charge in [-0.05, 0) is 42.0 Å². The molecule has 5 nitrogen and oxygen atoms in total. The summed E-state index contributed by atoms with van der Waals surface area (Å²) in [7, 11) is 0. The summed E-state index contributed by atoms with van der Waals surface area (Å²) in [5, 5.41) is 12.9. The Morgan fingerprint density at radius 2 is 1.90 bits per heavy atom. The number of alkyl halides is 3. The van der Waals surface area contributed by atoms with Crippen LogP contribution in [0.4, 0.5) is 27.6 Å². The Labute approximate surface area is 172 Å². The lowest BCUT2D eigenvalue weighted by atomic mass is 10.0. The highest BCUT2D eigenvalue weighted by Crippen LogP contribution is 2.35. The van der Waals surface area contributed by atoms with E-state index in [-0.39, 0.29) is 29.7 Å². The van der Waals surface area contributed by atoms with Gasteiger partial charge in [-0.1, -0.05) is 11.6 Å². The molecule has 1 heterocycles. The first-order chi connectivity index (χ1) is 13.9. The van der Waals surface area contributed by atoms with Gasteiger partial charge in [0.15, 0.2) is 0 Å². The van der Waals surface area contributed by atoms with Crippen molar-refractivity contribution in [3.8, 4) is 0 Å². The highest BCUT2D eigenvalue weighted by molar-refractivity contribution is 6.30. The fraction of sp³-hybridized carbons (Fsp3) is 0.263. The number of halogens is 6. The average molecular weight is 449 g/mol. The second-order valence-corrected chi connectivity index (χ2v) is 7.13. The van der Waals surface area contributed by atoms with E-state index < -0.39 is 52.9 Å². The highest BCUT2D eigenvalue weighted by Gasteiger charge is 2.52. The third-order valence-corrected chi connectivity index (χ3v) is 4.83. The van der Waals surface area contributed by atoms with Gasteiger partial charge in [0.25, 0.3) is 11.8 Å². The van der Waals surface area contributed by atoms with E-state index in [2.05, 4.69) is 5.32 Å². The van der Waals surface area contributed by atoms with Gasteiger partial charge in [-0.2, -0.15) is 13.2 Å². The molecule has 1 aliphatic heterocycles. The molecule has 1 unspecified atom stereocenters. The molecule has 2 aromatic carbocycles. The smallest absolute Gasteiger partial charge is 0.372 e. The van der Waals surface area contributed by atoms with Crippen LogP contribution < -0.4 is 10.2 Å². The van der Waals surface area contributed by atoms with Crippen molar-refractivity contribution in [3.63, 3.8) is 0 Å². The minimum absolute atomic E-state index is 0.0823. The van der Waals surface area contributed by atoms with Crippen molar-refractivity contribution >= 4 is 29.1 Å². The first-order valence-corrected chi connectivity index (χ1v) is 8.94. The van der Waals surface area contributed by atoms with Crippen LogP contribution in [-0.2, 0) is 22.3 Å². The van der Waals surface area contributed by atoms with E-state index >= 15 is 0 Å². The fourth-order valence-electron chi connectivity index (χ4n) is 3.09. The van der Waals surface area contributed by atoms with Gasteiger partial charge in [-0.15, -0.1) is 0 Å². The Morgan fingerprint density at radius 1 is 1.20 bits per heavy atom. The van der Waals surface area contributed by atoms with E-state index in [1.807, 2.05) is 0 Å². The van der Waals surface area contributed by atoms with Crippen molar-refractivity contribution in [2.24, 2.45) is 0 Å². The molecule has 0 saturated carbocycles. The minimum Gasteiger partial charge on any atom is -0.372 e. The number of rotatable bonds is 4. The second kappa shape index (κ2) is 7.84. The average Bonchev–Trinajstić information content (AvgIpc) is 2.94. The van der Waals surface area contributed by atoms with Crippen LogP contribution >= 0.6 is 11.6 Å². The maximum atomic E-state index is 14.2. The quantitative estimate of drug-likeness (QED) is 0.556. The molecule has 0 spiro atoms. The lowest BCUT2D eigenvalue weighted by molar-refractivity contribution is -0.149. The van der Waals surface area contributed by atoms with E-state index in [0.29, 0.717) is 11.0 Å². The molecule has 0 bridgehead atoms. The van der Waals surface area contributed by atoms with Crippen LogP contribution in [0, 0.1) is 11.6 Å². The van der Waals surface area contributed by atoms with Crippen LogP contribution in [0.5, 0.6) is 0 Å². The summed E-state index contributed by atoms with van der Waals surface area (Å²) in [6.45, 7) is -0.544. The van der Waals surface area contributed by atoms with Gasteiger partial charge in [-0.3, -0.25) is 9.59 Å². The summed E-state index contributed by atoms with van der Waals surface area (Å²) in [6, 6.07) is 5.10.